The molecule has 0 saturated carbocycles. The van der Waals surface area contributed by atoms with Gasteiger partial charge in [-0.3, -0.25) is 0 Å². The van der Waals surface area contributed by atoms with E-state index in [0.717, 1.165) is 14.9 Å². The third-order valence-corrected chi connectivity index (χ3v) is 4.27. The number of hydrogen-bond acceptors (Lipinski definition) is 5. The van der Waals surface area contributed by atoms with Gasteiger partial charge in [0.1, 0.15) is 0 Å². The zero-order valence-electron chi connectivity index (χ0n) is 9.65. The Morgan fingerprint density at radius 1 is 1.26 bits per heavy atom. The molecule has 0 fully saturated rings. The molecular weight excluding hydrogens is 328 g/mol. The van der Waals surface area contributed by atoms with Gasteiger partial charge < -0.3 is 9.63 Å². The van der Waals surface area contributed by atoms with Crippen molar-refractivity contribution in [3.05, 3.63) is 57.7 Å². The maximum Gasteiger partial charge on any atom is 0.260 e. The first-order chi connectivity index (χ1) is 9.24. The molecule has 1 atom stereocenters. The largest absolute Gasteiger partial charge is 0.378 e. The molecule has 0 saturated heterocycles. The quantitative estimate of drug-likeness (QED) is 0.793. The third kappa shape index (κ3) is 2.60. The Bertz CT molecular complexity index is 681. The Morgan fingerprint density at radius 2 is 2.05 bits per heavy atom. The predicted molar refractivity (Wildman–Crippen MR) is 75.8 cm³/mol. The number of aliphatic hydroxyl groups excluding tert-OH is 1. The normalized spacial score (nSPS) is 12.5. The first-order valence-corrected chi connectivity index (χ1v) is 7.22. The highest BCUT2D eigenvalue weighted by Crippen LogP contribution is 2.29. The molecule has 96 valence electrons. The van der Waals surface area contributed by atoms with Crippen molar-refractivity contribution in [3.63, 3.8) is 0 Å². The standard InChI is InChI=1S/C13H9BrN2O2S/c14-9-6-10(19-7-9)12-15-13(18-16-12)11(17)8-4-2-1-3-5-8/h1-7,11,17H. The van der Waals surface area contributed by atoms with Crippen LogP contribution in [-0.4, -0.2) is 15.2 Å². The average molecular weight is 337 g/mol. The summed E-state index contributed by atoms with van der Waals surface area (Å²) in [5.74, 6) is 0.686. The fraction of sp³-hybridized carbons (Fsp3) is 0.0769. The maximum atomic E-state index is 10.2. The second kappa shape index (κ2) is 5.24. The summed E-state index contributed by atoms with van der Waals surface area (Å²) >= 11 is 4.89. The van der Waals surface area contributed by atoms with Gasteiger partial charge in [-0.1, -0.05) is 35.5 Å². The molecule has 1 aromatic carbocycles. The summed E-state index contributed by atoms with van der Waals surface area (Å²) < 4.78 is 6.10. The number of aliphatic hydroxyl groups is 1. The Hall–Kier alpha value is -1.50. The number of hydrogen-bond donors (Lipinski definition) is 1. The fourth-order valence-electron chi connectivity index (χ4n) is 1.65. The summed E-state index contributed by atoms with van der Waals surface area (Å²) in [5, 5.41) is 16.0. The van der Waals surface area contributed by atoms with Crippen molar-refractivity contribution in [3.8, 4) is 10.7 Å². The summed E-state index contributed by atoms with van der Waals surface area (Å²) in [5.41, 5.74) is 0.727. The first kappa shape index (κ1) is 12.5. The molecule has 0 aliphatic heterocycles. The van der Waals surface area contributed by atoms with Crippen LogP contribution in [0.25, 0.3) is 10.7 Å². The molecule has 1 N–H and O–H groups in total. The van der Waals surface area contributed by atoms with E-state index >= 15 is 0 Å². The van der Waals surface area contributed by atoms with Gasteiger partial charge in [-0.2, -0.15) is 4.98 Å². The lowest BCUT2D eigenvalue weighted by molar-refractivity contribution is 0.170. The second-order valence-corrected chi connectivity index (χ2v) is 5.73. The van der Waals surface area contributed by atoms with E-state index in [1.54, 1.807) is 0 Å². The van der Waals surface area contributed by atoms with Crippen molar-refractivity contribution in [1.82, 2.24) is 10.1 Å². The minimum atomic E-state index is -0.897. The van der Waals surface area contributed by atoms with Crippen molar-refractivity contribution in [1.29, 1.82) is 0 Å². The average Bonchev–Trinajstić information content (AvgIpc) is 3.07. The molecule has 0 aliphatic rings. The van der Waals surface area contributed by atoms with Gasteiger partial charge in [0, 0.05) is 9.85 Å². The molecule has 0 radical (unpaired) electrons. The van der Waals surface area contributed by atoms with Crippen LogP contribution in [0, 0.1) is 0 Å². The molecule has 0 amide bonds. The van der Waals surface area contributed by atoms with Crippen LogP contribution < -0.4 is 0 Å². The van der Waals surface area contributed by atoms with Gasteiger partial charge in [-0.25, -0.2) is 0 Å². The number of aromatic nitrogens is 2. The summed E-state index contributed by atoms with van der Waals surface area (Å²) in [7, 11) is 0. The molecule has 2 heterocycles. The predicted octanol–water partition coefficient (Wildman–Crippen LogP) is 3.64. The van der Waals surface area contributed by atoms with Crippen LogP contribution in [0.1, 0.15) is 17.6 Å². The zero-order chi connectivity index (χ0) is 13.2. The van der Waals surface area contributed by atoms with Gasteiger partial charge in [-0.15, -0.1) is 11.3 Å². The highest BCUT2D eigenvalue weighted by Gasteiger charge is 2.19. The number of rotatable bonds is 3. The van der Waals surface area contributed by atoms with Gasteiger partial charge in [-0.05, 0) is 27.6 Å². The second-order valence-electron chi connectivity index (χ2n) is 3.90. The molecule has 3 rings (SSSR count). The van der Waals surface area contributed by atoms with Crippen LogP contribution in [0.15, 0.2) is 50.8 Å². The van der Waals surface area contributed by atoms with Crippen LogP contribution in [0.2, 0.25) is 0 Å². The minimum absolute atomic E-state index is 0.200. The Labute approximate surface area is 121 Å². The molecular formula is C13H9BrN2O2S. The molecule has 0 spiro atoms. The molecule has 19 heavy (non-hydrogen) atoms. The minimum Gasteiger partial charge on any atom is -0.378 e. The summed E-state index contributed by atoms with van der Waals surface area (Å²) in [6, 6.07) is 11.1. The van der Waals surface area contributed by atoms with Crippen molar-refractivity contribution in [2.75, 3.05) is 0 Å². The lowest BCUT2D eigenvalue weighted by Gasteiger charge is -2.04. The van der Waals surface area contributed by atoms with Gasteiger partial charge >= 0.3 is 0 Å². The number of halogens is 1. The summed E-state index contributed by atoms with van der Waals surface area (Å²) in [6.07, 6.45) is -0.897. The van der Waals surface area contributed by atoms with Crippen LogP contribution in [0.5, 0.6) is 0 Å². The topological polar surface area (TPSA) is 59.2 Å². The molecule has 2 aromatic heterocycles. The third-order valence-electron chi connectivity index (χ3n) is 2.58. The van der Waals surface area contributed by atoms with Crippen LogP contribution in [-0.2, 0) is 0 Å². The van der Waals surface area contributed by atoms with E-state index in [1.807, 2.05) is 41.8 Å². The van der Waals surface area contributed by atoms with Crippen molar-refractivity contribution >= 4 is 27.3 Å². The van der Waals surface area contributed by atoms with Gasteiger partial charge in [0.05, 0.1) is 4.88 Å². The maximum absolute atomic E-state index is 10.2. The van der Waals surface area contributed by atoms with Crippen molar-refractivity contribution in [2.45, 2.75) is 6.10 Å². The van der Waals surface area contributed by atoms with Gasteiger partial charge in [0.25, 0.3) is 5.89 Å². The Balaban J connectivity index is 1.89. The van der Waals surface area contributed by atoms with E-state index in [-0.39, 0.29) is 5.89 Å². The zero-order valence-corrected chi connectivity index (χ0v) is 12.1. The van der Waals surface area contributed by atoms with Gasteiger partial charge in [0.15, 0.2) is 6.10 Å². The van der Waals surface area contributed by atoms with Gasteiger partial charge in [0.2, 0.25) is 5.82 Å². The van der Waals surface area contributed by atoms with Crippen molar-refractivity contribution < 1.29 is 9.63 Å². The van der Waals surface area contributed by atoms with Crippen LogP contribution >= 0.6 is 27.3 Å². The van der Waals surface area contributed by atoms with Crippen molar-refractivity contribution in [2.24, 2.45) is 0 Å². The highest BCUT2D eigenvalue weighted by atomic mass is 79.9. The Kier molecular flexibility index (Phi) is 3.46. The smallest absolute Gasteiger partial charge is 0.260 e. The van der Waals surface area contributed by atoms with E-state index in [0.29, 0.717) is 5.82 Å². The summed E-state index contributed by atoms with van der Waals surface area (Å²) in [6.45, 7) is 0. The lowest BCUT2D eigenvalue weighted by Crippen LogP contribution is -1.99. The number of benzene rings is 1. The van der Waals surface area contributed by atoms with E-state index < -0.39 is 6.10 Å². The molecule has 6 heteroatoms. The van der Waals surface area contributed by atoms with E-state index in [2.05, 4.69) is 26.1 Å². The molecule has 1 unspecified atom stereocenters. The number of thiophene rings is 1. The molecule has 3 aromatic rings. The SMILES string of the molecule is OC(c1ccccc1)c1nc(-c2cc(Br)cs2)no1. The van der Waals surface area contributed by atoms with Crippen LogP contribution in [0.3, 0.4) is 0 Å². The van der Waals surface area contributed by atoms with Crippen LogP contribution in [0.4, 0.5) is 0 Å². The summed E-state index contributed by atoms with van der Waals surface area (Å²) in [4.78, 5) is 5.12. The molecule has 4 nitrogen and oxygen atoms in total. The fourth-order valence-corrected chi connectivity index (χ4v) is 3.01. The highest BCUT2D eigenvalue weighted by molar-refractivity contribution is 9.10. The molecule has 0 bridgehead atoms. The van der Waals surface area contributed by atoms with E-state index in [1.165, 1.54) is 11.3 Å². The lowest BCUT2D eigenvalue weighted by atomic mass is 10.1. The van der Waals surface area contributed by atoms with E-state index in [4.69, 9.17) is 4.52 Å². The molecule has 0 aliphatic carbocycles. The first-order valence-electron chi connectivity index (χ1n) is 5.55. The van der Waals surface area contributed by atoms with E-state index in [9.17, 15) is 5.11 Å². The Morgan fingerprint density at radius 3 is 2.74 bits per heavy atom. The number of nitrogens with zero attached hydrogens (tertiary/aromatic N) is 2. The monoisotopic (exact) mass is 336 g/mol.